The molecule has 0 bridgehead atoms. The van der Waals surface area contributed by atoms with Crippen LogP contribution in [-0.2, 0) is 4.79 Å². The van der Waals surface area contributed by atoms with Gasteiger partial charge in [0.25, 0.3) is 0 Å². The van der Waals surface area contributed by atoms with E-state index in [1.54, 1.807) is 0 Å². The van der Waals surface area contributed by atoms with Crippen molar-refractivity contribution < 1.29 is 4.79 Å². The molecule has 0 aromatic heterocycles. The number of carbonyl (C=O) groups is 1. The van der Waals surface area contributed by atoms with E-state index in [1.165, 1.54) is 6.42 Å². The third-order valence-corrected chi connectivity index (χ3v) is 5.44. The highest BCUT2D eigenvalue weighted by atomic mass is 35.5. The zero-order valence-corrected chi connectivity index (χ0v) is 15.8. The average molecular weight is 354 g/mol. The van der Waals surface area contributed by atoms with Crippen LogP contribution in [0.2, 0.25) is 0 Å². The smallest absolute Gasteiger partial charge is 0.222 e. The zero-order valence-electron chi connectivity index (χ0n) is 14.2. The Balaban J connectivity index is 0.00000220. The first-order valence-electron chi connectivity index (χ1n) is 8.26. The van der Waals surface area contributed by atoms with Gasteiger partial charge >= 0.3 is 0 Å². The Bertz CT molecular complexity index is 343. The summed E-state index contributed by atoms with van der Waals surface area (Å²) < 4.78 is 0. The molecule has 4 nitrogen and oxygen atoms in total. The Labute approximate surface area is 148 Å². The normalized spacial score (nSPS) is 32.0. The van der Waals surface area contributed by atoms with Crippen molar-refractivity contribution >= 4 is 30.7 Å². The predicted octanol–water partition coefficient (Wildman–Crippen LogP) is 2.54. The second kappa shape index (κ2) is 9.96. The van der Waals surface area contributed by atoms with Gasteiger partial charge in [0.2, 0.25) is 5.91 Å². The Kier molecular flexibility index (Phi) is 9.95. The lowest BCUT2D eigenvalue weighted by atomic mass is 9.91. The van der Waals surface area contributed by atoms with Gasteiger partial charge in [-0.15, -0.1) is 24.8 Å². The number of carbonyl (C=O) groups excluding carboxylic acids is 1. The van der Waals surface area contributed by atoms with Gasteiger partial charge < -0.3 is 15.5 Å². The fraction of sp³-hybridized carbons (Fsp3) is 0.938. The molecule has 1 amide bonds. The number of hydrogen-bond acceptors (Lipinski definition) is 3. The molecular weight excluding hydrogens is 321 g/mol. The van der Waals surface area contributed by atoms with Gasteiger partial charge in [-0.25, -0.2) is 0 Å². The highest BCUT2D eigenvalue weighted by molar-refractivity contribution is 5.85. The molecule has 0 radical (unpaired) electrons. The van der Waals surface area contributed by atoms with Gasteiger partial charge in [0, 0.05) is 38.6 Å². The average Bonchev–Trinajstić information content (AvgIpc) is 2.83. The molecule has 2 N–H and O–H groups in total. The van der Waals surface area contributed by atoms with Crippen LogP contribution in [0.5, 0.6) is 0 Å². The lowest BCUT2D eigenvalue weighted by Crippen LogP contribution is -2.51. The van der Waals surface area contributed by atoms with Crippen LogP contribution in [-0.4, -0.2) is 54.5 Å². The Hall–Kier alpha value is -0.0300. The minimum atomic E-state index is 0. The second-order valence-electron chi connectivity index (χ2n) is 6.79. The van der Waals surface area contributed by atoms with Crippen molar-refractivity contribution in [2.45, 2.75) is 58.0 Å². The highest BCUT2D eigenvalue weighted by Gasteiger charge is 2.33. The van der Waals surface area contributed by atoms with Crippen molar-refractivity contribution in [2.75, 3.05) is 26.7 Å². The Morgan fingerprint density at radius 2 is 1.95 bits per heavy atom. The van der Waals surface area contributed by atoms with Crippen LogP contribution in [0.3, 0.4) is 0 Å². The van der Waals surface area contributed by atoms with Gasteiger partial charge in [0.05, 0.1) is 0 Å². The first-order chi connectivity index (χ1) is 9.52. The van der Waals surface area contributed by atoms with Crippen molar-refractivity contribution in [3.05, 3.63) is 0 Å². The van der Waals surface area contributed by atoms with Gasteiger partial charge in [-0.05, 0) is 37.6 Å². The predicted molar refractivity (Wildman–Crippen MR) is 96.9 cm³/mol. The molecule has 0 spiro atoms. The van der Waals surface area contributed by atoms with Gasteiger partial charge in [0.1, 0.15) is 0 Å². The largest absolute Gasteiger partial charge is 0.342 e. The molecule has 0 aromatic rings. The van der Waals surface area contributed by atoms with E-state index in [-0.39, 0.29) is 30.9 Å². The second-order valence-corrected chi connectivity index (χ2v) is 6.79. The van der Waals surface area contributed by atoms with E-state index >= 15 is 0 Å². The number of likely N-dealkylation sites (tertiary alicyclic amines) is 1. The summed E-state index contributed by atoms with van der Waals surface area (Å²) in [6.07, 6.45) is 5.16. The van der Waals surface area contributed by atoms with E-state index in [2.05, 4.69) is 18.7 Å². The number of piperidine rings is 1. The zero-order chi connectivity index (χ0) is 14.7. The molecule has 1 saturated carbocycles. The molecule has 1 heterocycles. The molecule has 1 aliphatic carbocycles. The van der Waals surface area contributed by atoms with E-state index < -0.39 is 0 Å². The molecule has 132 valence electrons. The number of nitrogens with two attached hydrogens (primary N) is 1. The quantitative estimate of drug-likeness (QED) is 0.844. The highest BCUT2D eigenvalue weighted by Crippen LogP contribution is 2.28. The molecule has 2 aliphatic rings. The molecular formula is C16H33Cl2N3O. The number of halogens is 2. The molecule has 6 heteroatoms. The molecule has 4 atom stereocenters. The minimum absolute atomic E-state index is 0. The maximum atomic E-state index is 12.5. The summed E-state index contributed by atoms with van der Waals surface area (Å²) in [4.78, 5) is 17.0. The van der Waals surface area contributed by atoms with Crippen LogP contribution in [0.1, 0.15) is 46.0 Å². The van der Waals surface area contributed by atoms with Crippen molar-refractivity contribution in [2.24, 2.45) is 17.6 Å². The lowest BCUT2D eigenvalue weighted by Gasteiger charge is -2.41. The summed E-state index contributed by atoms with van der Waals surface area (Å²) in [7, 11) is 1.99. The first-order valence-corrected chi connectivity index (χ1v) is 8.26. The van der Waals surface area contributed by atoms with Crippen LogP contribution < -0.4 is 5.73 Å². The lowest BCUT2D eigenvalue weighted by molar-refractivity contribution is -0.135. The summed E-state index contributed by atoms with van der Waals surface area (Å²) in [6, 6.07) is 0.648. The fourth-order valence-electron chi connectivity index (χ4n) is 3.95. The van der Waals surface area contributed by atoms with Crippen molar-refractivity contribution in [1.82, 2.24) is 9.80 Å². The van der Waals surface area contributed by atoms with Crippen LogP contribution in [0.25, 0.3) is 0 Å². The summed E-state index contributed by atoms with van der Waals surface area (Å²) in [5, 5.41) is 0. The fourth-order valence-corrected chi connectivity index (χ4v) is 3.95. The van der Waals surface area contributed by atoms with Gasteiger partial charge in [-0.1, -0.05) is 20.3 Å². The van der Waals surface area contributed by atoms with Gasteiger partial charge in [-0.2, -0.15) is 0 Å². The summed E-state index contributed by atoms with van der Waals surface area (Å²) in [5.41, 5.74) is 6.09. The third kappa shape index (κ3) is 5.26. The number of hydrogen-bond donors (Lipinski definition) is 1. The molecule has 0 aromatic carbocycles. The maximum Gasteiger partial charge on any atom is 0.222 e. The summed E-state index contributed by atoms with van der Waals surface area (Å²) >= 11 is 0. The van der Waals surface area contributed by atoms with E-state index in [4.69, 9.17) is 5.73 Å². The van der Waals surface area contributed by atoms with Crippen molar-refractivity contribution in [1.29, 1.82) is 0 Å². The molecule has 2 fully saturated rings. The molecule has 22 heavy (non-hydrogen) atoms. The van der Waals surface area contributed by atoms with E-state index in [0.717, 1.165) is 38.9 Å². The molecule has 2 rings (SSSR count). The van der Waals surface area contributed by atoms with E-state index in [9.17, 15) is 4.79 Å². The molecule has 2 unspecified atom stereocenters. The standard InChI is InChI=1S/C16H31N3O.2ClH/c1-4-19-9-8-15(12(2)11-19)18(3)16(20)10-13-6-5-7-14(13)17;;/h12-15H,4-11,17H2,1-3H3;2*1H/t12?,13-,14+,15?;;/m0../s1. The van der Waals surface area contributed by atoms with Gasteiger partial charge in [0.15, 0.2) is 0 Å². The summed E-state index contributed by atoms with van der Waals surface area (Å²) in [6.45, 7) is 7.83. The van der Waals surface area contributed by atoms with Crippen LogP contribution in [0.15, 0.2) is 0 Å². The van der Waals surface area contributed by atoms with Gasteiger partial charge in [-0.3, -0.25) is 4.79 Å². The monoisotopic (exact) mass is 353 g/mol. The maximum absolute atomic E-state index is 12.5. The molecule has 1 aliphatic heterocycles. The topological polar surface area (TPSA) is 49.6 Å². The number of nitrogens with zero attached hydrogens (tertiary/aromatic N) is 2. The van der Waals surface area contributed by atoms with Crippen molar-refractivity contribution in [3.8, 4) is 0 Å². The SMILES string of the molecule is CCN1CCC(N(C)C(=O)C[C@@H]2CCC[C@H]2N)C(C)C1.Cl.Cl. The van der Waals surface area contributed by atoms with E-state index in [0.29, 0.717) is 30.2 Å². The van der Waals surface area contributed by atoms with Crippen LogP contribution in [0.4, 0.5) is 0 Å². The summed E-state index contributed by atoms with van der Waals surface area (Å²) in [5.74, 6) is 1.28. The minimum Gasteiger partial charge on any atom is -0.342 e. The van der Waals surface area contributed by atoms with Crippen LogP contribution >= 0.6 is 24.8 Å². The third-order valence-electron chi connectivity index (χ3n) is 5.44. The van der Waals surface area contributed by atoms with Crippen LogP contribution in [0, 0.1) is 11.8 Å². The first kappa shape index (κ1) is 22.0. The number of rotatable bonds is 4. The Morgan fingerprint density at radius 3 is 2.45 bits per heavy atom. The van der Waals surface area contributed by atoms with E-state index in [1.807, 2.05) is 11.9 Å². The number of amides is 1. The Morgan fingerprint density at radius 1 is 1.27 bits per heavy atom. The molecule has 1 saturated heterocycles. The van der Waals surface area contributed by atoms with Crippen molar-refractivity contribution in [3.63, 3.8) is 0 Å².